The van der Waals surface area contributed by atoms with Crippen molar-refractivity contribution in [3.05, 3.63) is 182 Å². The molecular weight excluding hydrogens is 717 g/mol. The molecule has 0 saturated carbocycles. The summed E-state index contributed by atoms with van der Waals surface area (Å²) in [5.41, 5.74) is 14.7. The normalized spacial score (nSPS) is 9.73. The molecule has 0 spiro atoms. The summed E-state index contributed by atoms with van der Waals surface area (Å²) in [5.74, 6) is 0. The fourth-order valence-electron chi connectivity index (χ4n) is 4.14. The molecule has 0 fully saturated rings. The molecule has 44 heavy (non-hydrogen) atoms. The topological polar surface area (TPSA) is 64.7 Å². The van der Waals surface area contributed by atoms with E-state index in [0.29, 0.717) is 0 Å². The number of nitrogens with two attached hydrogens (primary N) is 1. The third kappa shape index (κ3) is 9.40. The average molecular weight is 746 g/mol. The number of anilines is 1. The van der Waals surface area contributed by atoms with Crippen LogP contribution in [0.2, 0.25) is 0 Å². The largest absolute Gasteiger partial charge is 3.00 e. The summed E-state index contributed by atoms with van der Waals surface area (Å²) >= 11 is 0. The fourth-order valence-corrected chi connectivity index (χ4v) is 4.14. The molecule has 4 aromatic carbocycles. The molecule has 7 aromatic rings. The molecule has 5 heteroatoms. The molecule has 0 bridgehead atoms. The molecule has 0 aliphatic rings. The van der Waals surface area contributed by atoms with Crippen LogP contribution in [-0.2, 0) is 20.1 Å². The molecule has 3 aromatic heterocycles. The zero-order valence-electron chi connectivity index (χ0n) is 23.8. The van der Waals surface area contributed by atoms with Crippen LogP contribution in [0.15, 0.2) is 164 Å². The monoisotopic (exact) mass is 746 g/mol. The smallest absolute Gasteiger partial charge is 0.399 e. The predicted molar refractivity (Wildman–Crippen MR) is 175 cm³/mol. The Morgan fingerprint density at radius 3 is 1.30 bits per heavy atom. The van der Waals surface area contributed by atoms with E-state index >= 15 is 0 Å². The molecule has 0 aliphatic carbocycles. The summed E-state index contributed by atoms with van der Waals surface area (Å²) < 4.78 is 0. The van der Waals surface area contributed by atoms with Crippen LogP contribution in [0.1, 0.15) is 0 Å². The van der Waals surface area contributed by atoms with Gasteiger partial charge in [-0.15, -0.1) is 107 Å². The van der Waals surface area contributed by atoms with Gasteiger partial charge in [0.15, 0.2) is 0 Å². The van der Waals surface area contributed by atoms with Gasteiger partial charge in [-0.2, -0.15) is 0 Å². The van der Waals surface area contributed by atoms with Crippen molar-refractivity contribution in [3.8, 4) is 44.9 Å². The van der Waals surface area contributed by atoms with Crippen molar-refractivity contribution in [3.63, 3.8) is 0 Å². The Kier molecular flexibility index (Phi) is 12.3. The number of nitrogens with zero attached hydrogens (tertiary/aromatic N) is 3. The van der Waals surface area contributed by atoms with Gasteiger partial charge in [-0.3, -0.25) is 0 Å². The predicted octanol–water partition coefficient (Wildman–Crippen LogP) is 8.89. The van der Waals surface area contributed by atoms with Crippen molar-refractivity contribution in [1.82, 2.24) is 15.0 Å². The minimum absolute atomic E-state index is 0. The van der Waals surface area contributed by atoms with Crippen molar-refractivity contribution < 1.29 is 20.1 Å². The molecule has 3 heterocycles. The first kappa shape index (κ1) is 31.7. The summed E-state index contributed by atoms with van der Waals surface area (Å²) in [6.07, 6.45) is 5.37. The third-order valence-electron chi connectivity index (χ3n) is 6.29. The summed E-state index contributed by atoms with van der Waals surface area (Å²) in [4.78, 5) is 12.8. The van der Waals surface area contributed by atoms with Crippen molar-refractivity contribution in [2.24, 2.45) is 0 Å². The Bertz CT molecular complexity index is 1630. The number of hydrogen-bond acceptors (Lipinski definition) is 4. The summed E-state index contributed by atoms with van der Waals surface area (Å²) in [7, 11) is 0. The van der Waals surface area contributed by atoms with Crippen LogP contribution in [0.25, 0.3) is 44.9 Å². The molecule has 0 unspecified atom stereocenters. The van der Waals surface area contributed by atoms with Gasteiger partial charge >= 0.3 is 20.1 Å². The second-order valence-corrected chi connectivity index (χ2v) is 9.31. The van der Waals surface area contributed by atoms with Gasteiger partial charge in [0.2, 0.25) is 0 Å². The van der Waals surface area contributed by atoms with Crippen LogP contribution in [0, 0.1) is 18.2 Å². The van der Waals surface area contributed by atoms with Crippen LogP contribution in [0.3, 0.4) is 0 Å². The number of aromatic nitrogens is 3. The zero-order chi connectivity index (χ0) is 29.5. The van der Waals surface area contributed by atoms with Crippen LogP contribution in [-0.4, -0.2) is 15.0 Å². The summed E-state index contributed by atoms with van der Waals surface area (Å²) in [6.45, 7) is 0. The van der Waals surface area contributed by atoms with Gasteiger partial charge in [-0.1, -0.05) is 48.5 Å². The van der Waals surface area contributed by atoms with E-state index < -0.39 is 0 Å². The number of nitrogen functional groups attached to an aromatic ring is 1. The van der Waals surface area contributed by atoms with Gasteiger partial charge in [0.05, 0.1) is 0 Å². The molecule has 0 saturated heterocycles. The third-order valence-corrected chi connectivity index (χ3v) is 6.29. The van der Waals surface area contributed by atoms with E-state index in [2.05, 4.69) is 39.2 Å². The van der Waals surface area contributed by atoms with Crippen LogP contribution >= 0.6 is 0 Å². The van der Waals surface area contributed by atoms with E-state index in [-0.39, 0.29) is 20.1 Å². The average Bonchev–Trinajstić information content (AvgIpc) is 3.11. The number of rotatable bonds is 4. The van der Waals surface area contributed by atoms with Gasteiger partial charge < -0.3 is 20.7 Å². The van der Waals surface area contributed by atoms with Crippen molar-refractivity contribution >= 4 is 5.69 Å². The van der Waals surface area contributed by atoms with Gasteiger partial charge in [0.25, 0.3) is 0 Å². The van der Waals surface area contributed by atoms with Crippen molar-refractivity contribution in [1.29, 1.82) is 0 Å². The van der Waals surface area contributed by atoms with Crippen LogP contribution < -0.4 is 5.73 Å². The maximum atomic E-state index is 5.71. The molecule has 214 valence electrons. The second kappa shape index (κ2) is 17.0. The Morgan fingerprint density at radius 1 is 0.409 bits per heavy atom. The van der Waals surface area contributed by atoms with Gasteiger partial charge in [0, 0.05) is 24.3 Å². The SMILES string of the molecule is Nc1ccc(-c2cc[c-]c(-c3ccccn3)c2)cc1.[Ir+3].[c-]1ccccc1-c1ccccn1.[c-]1ccccc1-c1ccccn1. The summed E-state index contributed by atoms with van der Waals surface area (Å²) in [5, 5.41) is 0. The summed E-state index contributed by atoms with van der Waals surface area (Å²) in [6, 6.07) is 56.6. The molecule has 0 amide bonds. The van der Waals surface area contributed by atoms with E-state index in [1.165, 1.54) is 0 Å². The van der Waals surface area contributed by atoms with Gasteiger partial charge in [-0.25, -0.2) is 0 Å². The Hall–Kier alpha value is -5.22. The number of hydrogen-bond donors (Lipinski definition) is 1. The molecule has 2 N–H and O–H groups in total. The second-order valence-electron chi connectivity index (χ2n) is 9.31. The van der Waals surface area contributed by atoms with Crippen LogP contribution in [0.5, 0.6) is 0 Å². The van der Waals surface area contributed by atoms with E-state index in [4.69, 9.17) is 5.73 Å². The minimum Gasteiger partial charge on any atom is -0.399 e. The van der Waals surface area contributed by atoms with Crippen molar-refractivity contribution in [2.45, 2.75) is 0 Å². The fraction of sp³-hybridized carbons (Fsp3) is 0. The molecule has 7 rings (SSSR count). The molecule has 4 nitrogen and oxygen atoms in total. The Balaban J connectivity index is 0.000000155. The Labute approximate surface area is 272 Å². The van der Waals surface area contributed by atoms with Crippen LogP contribution in [0.4, 0.5) is 5.69 Å². The first-order valence-corrected chi connectivity index (χ1v) is 13.8. The molecule has 0 atom stereocenters. The molecule has 0 aliphatic heterocycles. The first-order chi connectivity index (χ1) is 21.3. The molecule has 0 radical (unpaired) electrons. The Morgan fingerprint density at radius 2 is 0.864 bits per heavy atom. The van der Waals surface area contributed by atoms with E-state index in [1.54, 1.807) is 18.6 Å². The standard InChI is InChI=1S/C17H13N2.2C11H8N.Ir/c18-16-9-7-13(8-10-16)14-4-3-5-15(12-14)17-6-1-2-11-19-17;2*1-2-6-10(7-3-1)11-8-4-5-9-12-11;/h1-4,6-12H,18H2;2*1-6,8-9H;/q3*-1;+3. The van der Waals surface area contributed by atoms with Gasteiger partial charge in [0.1, 0.15) is 0 Å². The zero-order valence-corrected chi connectivity index (χ0v) is 26.2. The maximum Gasteiger partial charge on any atom is 3.00 e. The molecular formula is C39H29IrN4. The van der Waals surface area contributed by atoms with Gasteiger partial charge in [-0.05, 0) is 53.0 Å². The van der Waals surface area contributed by atoms with E-state index in [0.717, 1.165) is 50.6 Å². The first-order valence-electron chi connectivity index (χ1n) is 13.8. The van der Waals surface area contributed by atoms with Crippen molar-refractivity contribution in [2.75, 3.05) is 5.73 Å². The quantitative estimate of drug-likeness (QED) is 0.145. The van der Waals surface area contributed by atoms with E-state index in [1.807, 2.05) is 140 Å². The number of pyridine rings is 3. The number of benzene rings is 4. The minimum atomic E-state index is 0. The maximum absolute atomic E-state index is 5.71. The van der Waals surface area contributed by atoms with E-state index in [9.17, 15) is 0 Å².